The molecule has 112 valence electrons. The van der Waals surface area contributed by atoms with E-state index < -0.39 is 21.9 Å². The maximum Gasteiger partial charge on any atom is 0.240 e. The molecule has 2 aromatic carbocycles. The van der Waals surface area contributed by atoms with E-state index >= 15 is 0 Å². The number of benzene rings is 2. The van der Waals surface area contributed by atoms with Gasteiger partial charge in [-0.1, -0.05) is 30.3 Å². The lowest BCUT2D eigenvalue weighted by Gasteiger charge is -2.13. The first-order valence-electron chi connectivity index (χ1n) is 6.39. The Labute approximate surface area is 123 Å². The van der Waals surface area contributed by atoms with Gasteiger partial charge in [0.15, 0.2) is 0 Å². The number of sulfonamides is 1. The van der Waals surface area contributed by atoms with Crippen LogP contribution in [-0.4, -0.2) is 20.1 Å². The SMILES string of the molecule is Cc1cc(F)ccc1S(=O)(=O)NCC(O)c1ccccc1. The number of rotatable bonds is 5. The monoisotopic (exact) mass is 309 g/mol. The fourth-order valence-corrected chi connectivity index (χ4v) is 3.24. The van der Waals surface area contributed by atoms with E-state index in [-0.39, 0.29) is 11.4 Å². The summed E-state index contributed by atoms with van der Waals surface area (Å²) in [6.07, 6.45) is -0.943. The molecule has 0 aromatic heterocycles. The highest BCUT2D eigenvalue weighted by Gasteiger charge is 2.18. The molecule has 4 nitrogen and oxygen atoms in total. The smallest absolute Gasteiger partial charge is 0.240 e. The highest BCUT2D eigenvalue weighted by atomic mass is 32.2. The van der Waals surface area contributed by atoms with Crippen LogP contribution in [0.2, 0.25) is 0 Å². The largest absolute Gasteiger partial charge is 0.387 e. The van der Waals surface area contributed by atoms with E-state index in [2.05, 4.69) is 4.72 Å². The Balaban J connectivity index is 2.11. The number of nitrogens with one attached hydrogen (secondary N) is 1. The van der Waals surface area contributed by atoms with Crippen LogP contribution >= 0.6 is 0 Å². The van der Waals surface area contributed by atoms with Gasteiger partial charge in [0.05, 0.1) is 11.0 Å². The molecule has 1 atom stereocenters. The lowest BCUT2D eigenvalue weighted by Crippen LogP contribution is -2.29. The number of aliphatic hydroxyl groups is 1. The van der Waals surface area contributed by atoms with E-state index in [1.807, 2.05) is 6.07 Å². The van der Waals surface area contributed by atoms with Gasteiger partial charge in [0, 0.05) is 6.54 Å². The zero-order valence-electron chi connectivity index (χ0n) is 11.5. The molecule has 0 bridgehead atoms. The van der Waals surface area contributed by atoms with E-state index in [4.69, 9.17) is 0 Å². The first-order valence-corrected chi connectivity index (χ1v) is 7.87. The summed E-state index contributed by atoms with van der Waals surface area (Å²) in [4.78, 5) is 0.00385. The van der Waals surface area contributed by atoms with Crippen LogP contribution in [0.4, 0.5) is 4.39 Å². The number of halogens is 1. The van der Waals surface area contributed by atoms with Crippen molar-refractivity contribution in [2.75, 3.05) is 6.54 Å². The van der Waals surface area contributed by atoms with E-state index in [0.717, 1.165) is 12.1 Å². The van der Waals surface area contributed by atoms with Gasteiger partial charge in [0.25, 0.3) is 0 Å². The van der Waals surface area contributed by atoms with Gasteiger partial charge in [0.1, 0.15) is 5.82 Å². The van der Waals surface area contributed by atoms with Crippen molar-refractivity contribution in [3.8, 4) is 0 Å². The maximum absolute atomic E-state index is 13.0. The van der Waals surface area contributed by atoms with Crippen LogP contribution in [0.1, 0.15) is 17.2 Å². The zero-order chi connectivity index (χ0) is 15.5. The molecule has 0 heterocycles. The zero-order valence-corrected chi connectivity index (χ0v) is 12.3. The summed E-state index contributed by atoms with van der Waals surface area (Å²) in [6, 6.07) is 12.2. The van der Waals surface area contributed by atoms with Crippen LogP contribution < -0.4 is 4.72 Å². The fourth-order valence-electron chi connectivity index (χ4n) is 1.97. The molecule has 2 N–H and O–H groups in total. The molecule has 0 fully saturated rings. The molecular weight excluding hydrogens is 293 g/mol. The third-order valence-electron chi connectivity index (χ3n) is 3.08. The second-order valence-corrected chi connectivity index (χ2v) is 6.42. The van der Waals surface area contributed by atoms with Gasteiger partial charge in [0.2, 0.25) is 10.0 Å². The number of hydrogen-bond acceptors (Lipinski definition) is 3. The second-order valence-electron chi connectivity index (χ2n) is 4.69. The van der Waals surface area contributed by atoms with Crippen LogP contribution in [0.5, 0.6) is 0 Å². The molecule has 0 aliphatic heterocycles. The Morgan fingerprint density at radius 1 is 1.19 bits per heavy atom. The molecule has 2 rings (SSSR count). The van der Waals surface area contributed by atoms with Gasteiger partial charge in [-0.05, 0) is 36.2 Å². The van der Waals surface area contributed by atoms with Crippen molar-refractivity contribution >= 4 is 10.0 Å². The van der Waals surface area contributed by atoms with Crippen molar-refractivity contribution in [3.63, 3.8) is 0 Å². The Kier molecular flexibility index (Phi) is 4.72. The van der Waals surface area contributed by atoms with Crippen LogP contribution in [0.15, 0.2) is 53.4 Å². The minimum atomic E-state index is -3.79. The summed E-state index contributed by atoms with van der Waals surface area (Å²) in [5, 5.41) is 9.96. The molecule has 0 saturated carbocycles. The summed E-state index contributed by atoms with van der Waals surface area (Å²) in [6.45, 7) is 1.37. The Morgan fingerprint density at radius 3 is 2.48 bits per heavy atom. The Bertz CT molecular complexity index is 717. The van der Waals surface area contributed by atoms with Crippen molar-refractivity contribution in [2.24, 2.45) is 0 Å². The lowest BCUT2D eigenvalue weighted by molar-refractivity contribution is 0.182. The van der Waals surface area contributed by atoms with Crippen LogP contribution in [0, 0.1) is 12.7 Å². The molecule has 2 aromatic rings. The lowest BCUT2D eigenvalue weighted by atomic mass is 10.1. The van der Waals surface area contributed by atoms with Gasteiger partial charge in [-0.25, -0.2) is 17.5 Å². The number of aliphatic hydroxyl groups excluding tert-OH is 1. The van der Waals surface area contributed by atoms with Gasteiger partial charge >= 0.3 is 0 Å². The van der Waals surface area contributed by atoms with Crippen LogP contribution in [-0.2, 0) is 10.0 Å². The molecule has 0 radical (unpaired) electrons. The average Bonchev–Trinajstić information content (AvgIpc) is 2.45. The predicted octanol–water partition coefficient (Wildman–Crippen LogP) is 2.15. The molecule has 0 saturated heterocycles. The molecule has 0 aliphatic rings. The Hall–Kier alpha value is -1.76. The third-order valence-corrected chi connectivity index (χ3v) is 4.66. The van der Waals surface area contributed by atoms with E-state index in [1.165, 1.54) is 13.0 Å². The number of hydrogen-bond donors (Lipinski definition) is 2. The minimum absolute atomic E-state index is 0.00385. The summed E-state index contributed by atoms with van der Waals surface area (Å²) >= 11 is 0. The van der Waals surface area contributed by atoms with E-state index in [0.29, 0.717) is 11.1 Å². The minimum Gasteiger partial charge on any atom is -0.387 e. The predicted molar refractivity (Wildman–Crippen MR) is 77.7 cm³/mol. The molecule has 0 spiro atoms. The first-order chi connectivity index (χ1) is 9.90. The number of aryl methyl sites for hydroxylation is 1. The molecule has 1 unspecified atom stereocenters. The summed E-state index contributed by atoms with van der Waals surface area (Å²) < 4.78 is 39.7. The van der Waals surface area contributed by atoms with Gasteiger partial charge in [-0.2, -0.15) is 0 Å². The summed E-state index contributed by atoms with van der Waals surface area (Å²) in [7, 11) is -3.79. The third kappa shape index (κ3) is 3.87. The van der Waals surface area contributed by atoms with Crippen molar-refractivity contribution in [1.82, 2.24) is 4.72 Å². The second kappa shape index (κ2) is 6.34. The van der Waals surface area contributed by atoms with Gasteiger partial charge < -0.3 is 5.11 Å². The molecule has 21 heavy (non-hydrogen) atoms. The highest BCUT2D eigenvalue weighted by molar-refractivity contribution is 7.89. The summed E-state index contributed by atoms with van der Waals surface area (Å²) in [5.74, 6) is -0.490. The molecule has 6 heteroatoms. The van der Waals surface area contributed by atoms with Crippen molar-refractivity contribution in [2.45, 2.75) is 17.9 Å². The highest BCUT2D eigenvalue weighted by Crippen LogP contribution is 2.17. The van der Waals surface area contributed by atoms with Crippen molar-refractivity contribution in [3.05, 3.63) is 65.5 Å². The standard InChI is InChI=1S/C15H16FNO3S/c1-11-9-13(16)7-8-15(11)21(19,20)17-10-14(18)12-5-3-2-4-6-12/h2-9,14,17-18H,10H2,1H3. The van der Waals surface area contributed by atoms with Crippen LogP contribution in [0.3, 0.4) is 0 Å². The molecular formula is C15H16FNO3S. The average molecular weight is 309 g/mol. The van der Waals surface area contributed by atoms with Crippen molar-refractivity contribution < 1.29 is 17.9 Å². The van der Waals surface area contributed by atoms with Crippen LogP contribution in [0.25, 0.3) is 0 Å². The normalized spacial score (nSPS) is 13.1. The molecule has 0 aliphatic carbocycles. The van der Waals surface area contributed by atoms with E-state index in [9.17, 15) is 17.9 Å². The quantitative estimate of drug-likeness (QED) is 0.889. The maximum atomic E-state index is 13.0. The Morgan fingerprint density at radius 2 is 1.86 bits per heavy atom. The van der Waals surface area contributed by atoms with Gasteiger partial charge in [-0.15, -0.1) is 0 Å². The molecule has 0 amide bonds. The van der Waals surface area contributed by atoms with Crippen molar-refractivity contribution in [1.29, 1.82) is 0 Å². The van der Waals surface area contributed by atoms with Gasteiger partial charge in [-0.3, -0.25) is 0 Å². The first kappa shape index (κ1) is 15.6. The fraction of sp³-hybridized carbons (Fsp3) is 0.200. The summed E-state index contributed by atoms with van der Waals surface area (Å²) in [5.41, 5.74) is 0.938. The topological polar surface area (TPSA) is 66.4 Å². The van der Waals surface area contributed by atoms with E-state index in [1.54, 1.807) is 24.3 Å².